The van der Waals surface area contributed by atoms with Crippen LogP contribution in [0.1, 0.15) is 5.56 Å². The van der Waals surface area contributed by atoms with Crippen molar-refractivity contribution in [1.29, 1.82) is 5.26 Å². The van der Waals surface area contributed by atoms with E-state index in [0.29, 0.717) is 11.3 Å². The van der Waals surface area contributed by atoms with E-state index < -0.39 is 0 Å². The molecule has 0 bridgehead atoms. The van der Waals surface area contributed by atoms with Crippen molar-refractivity contribution in [3.05, 3.63) is 175 Å². The molecule has 222 valence electrons. The zero-order valence-corrected chi connectivity index (χ0v) is 25.8. The van der Waals surface area contributed by atoms with Crippen LogP contribution in [0.4, 0.5) is 5.69 Å². The number of rotatable bonds is 4. The molecule has 0 amide bonds. The fourth-order valence-corrected chi connectivity index (χ4v) is 7.39. The Balaban J connectivity index is 1.29. The first-order chi connectivity index (χ1) is 23.8. The lowest BCUT2D eigenvalue weighted by Gasteiger charge is -2.19. The molecule has 9 aromatic rings. The van der Waals surface area contributed by atoms with Crippen molar-refractivity contribution >= 4 is 49.3 Å². The van der Waals surface area contributed by atoms with Crippen LogP contribution in [0.2, 0.25) is 0 Å². The summed E-state index contributed by atoms with van der Waals surface area (Å²) in [5.74, 6) is 0. The van der Waals surface area contributed by atoms with Crippen molar-refractivity contribution in [2.75, 3.05) is 0 Å². The molecule has 2 heterocycles. The maximum atomic E-state index is 10.5. The average molecular weight is 611 g/mol. The average Bonchev–Trinajstić information content (AvgIpc) is 3.67. The zero-order chi connectivity index (χ0) is 32.2. The second-order valence-electron chi connectivity index (χ2n) is 11.9. The van der Waals surface area contributed by atoms with Crippen molar-refractivity contribution < 1.29 is 0 Å². The molecular weight excluding hydrogens is 585 g/mol. The van der Waals surface area contributed by atoms with E-state index in [1.807, 2.05) is 12.1 Å². The van der Waals surface area contributed by atoms with Gasteiger partial charge in [-0.2, -0.15) is 5.26 Å². The van der Waals surface area contributed by atoms with E-state index in [1.165, 1.54) is 21.5 Å². The molecule has 9 rings (SSSR count). The monoisotopic (exact) mass is 610 g/mol. The number of aromatic nitrogens is 2. The van der Waals surface area contributed by atoms with Gasteiger partial charge in [0, 0.05) is 27.2 Å². The molecule has 0 spiro atoms. The summed E-state index contributed by atoms with van der Waals surface area (Å²) in [6, 6.07) is 56.4. The van der Waals surface area contributed by atoms with Crippen LogP contribution in [-0.4, -0.2) is 9.13 Å². The molecule has 4 nitrogen and oxygen atoms in total. The van der Waals surface area contributed by atoms with Crippen LogP contribution in [0, 0.1) is 17.9 Å². The third-order valence-corrected chi connectivity index (χ3v) is 9.41. The number of hydrogen-bond donors (Lipinski definition) is 0. The normalized spacial score (nSPS) is 11.3. The van der Waals surface area contributed by atoms with Gasteiger partial charge in [-0.05, 0) is 64.7 Å². The number of nitrogens with zero attached hydrogens (tertiary/aromatic N) is 4. The fourth-order valence-electron chi connectivity index (χ4n) is 7.39. The van der Waals surface area contributed by atoms with Gasteiger partial charge >= 0.3 is 0 Å². The second kappa shape index (κ2) is 10.9. The number of fused-ring (bicyclic) bond motifs is 6. The first-order valence-electron chi connectivity index (χ1n) is 15.9. The summed E-state index contributed by atoms with van der Waals surface area (Å²) >= 11 is 0. The highest BCUT2D eigenvalue weighted by Gasteiger charge is 2.22. The summed E-state index contributed by atoms with van der Waals surface area (Å²) in [6.45, 7) is 8.24. The minimum absolute atomic E-state index is 0.503. The molecule has 0 unspecified atom stereocenters. The van der Waals surface area contributed by atoms with Crippen LogP contribution in [0.15, 0.2) is 158 Å². The summed E-state index contributed by atoms with van der Waals surface area (Å²) in [7, 11) is 0. The summed E-state index contributed by atoms with van der Waals surface area (Å²) in [5.41, 5.74) is 10.8. The molecule has 0 radical (unpaired) electrons. The number of benzene rings is 7. The Labute approximate surface area is 277 Å². The Hall–Kier alpha value is -6.88. The number of nitriles is 1. The summed E-state index contributed by atoms with van der Waals surface area (Å²) < 4.78 is 4.57. The first-order valence-corrected chi connectivity index (χ1v) is 15.9. The standard InChI is InChI=1S/C44H26N4/c1-46-37-27-24-30(28-45)43(29-22-25-31(26-23-29)47-38-17-7-2-12-32(38)33-13-3-8-18-39(33)47)44(37)36-16-6-11-21-42(36)48-40-19-9-4-14-34(40)35-15-5-10-20-41(35)48/h2-27H. The van der Waals surface area contributed by atoms with Gasteiger partial charge in [-0.15, -0.1) is 0 Å². The zero-order valence-electron chi connectivity index (χ0n) is 25.8. The molecule has 4 heteroatoms. The number of para-hydroxylation sites is 5. The van der Waals surface area contributed by atoms with Gasteiger partial charge in [-0.25, -0.2) is 4.85 Å². The highest BCUT2D eigenvalue weighted by atomic mass is 15.0. The Morgan fingerprint density at radius 3 is 1.48 bits per heavy atom. The largest absolute Gasteiger partial charge is 0.309 e. The van der Waals surface area contributed by atoms with Gasteiger partial charge in [0.25, 0.3) is 0 Å². The van der Waals surface area contributed by atoms with Gasteiger partial charge in [0.1, 0.15) is 0 Å². The maximum absolute atomic E-state index is 10.5. The van der Waals surface area contributed by atoms with Crippen molar-refractivity contribution in [2.45, 2.75) is 0 Å². The Bertz CT molecular complexity index is 2690. The van der Waals surface area contributed by atoms with Crippen LogP contribution in [0.25, 0.3) is 82.1 Å². The third kappa shape index (κ3) is 4.01. The van der Waals surface area contributed by atoms with Crippen molar-refractivity contribution in [3.8, 4) is 39.7 Å². The molecule has 0 aliphatic carbocycles. The predicted molar refractivity (Wildman–Crippen MR) is 197 cm³/mol. The molecule has 0 aliphatic rings. The highest BCUT2D eigenvalue weighted by molar-refractivity contribution is 6.11. The molecule has 0 aliphatic heterocycles. The fraction of sp³-hybridized carbons (Fsp3) is 0. The van der Waals surface area contributed by atoms with Gasteiger partial charge in [0.05, 0.1) is 46.0 Å². The van der Waals surface area contributed by atoms with Crippen LogP contribution in [-0.2, 0) is 0 Å². The van der Waals surface area contributed by atoms with E-state index in [9.17, 15) is 5.26 Å². The van der Waals surface area contributed by atoms with Crippen LogP contribution >= 0.6 is 0 Å². The maximum Gasteiger partial charge on any atom is 0.195 e. The third-order valence-electron chi connectivity index (χ3n) is 9.41. The SMILES string of the molecule is [C-]#[N+]c1ccc(C#N)c(-c2ccc(-n3c4ccccc4c4ccccc43)cc2)c1-c1ccccc1-n1c2ccccc2c2ccccc21. The molecular formula is C44H26N4. The topological polar surface area (TPSA) is 38.0 Å². The summed E-state index contributed by atoms with van der Waals surface area (Å²) in [6.07, 6.45) is 0. The molecule has 2 aromatic heterocycles. The Morgan fingerprint density at radius 1 is 0.479 bits per heavy atom. The van der Waals surface area contributed by atoms with Gasteiger partial charge < -0.3 is 9.13 Å². The Morgan fingerprint density at radius 2 is 0.958 bits per heavy atom. The van der Waals surface area contributed by atoms with Crippen molar-refractivity contribution in [3.63, 3.8) is 0 Å². The van der Waals surface area contributed by atoms with E-state index in [2.05, 4.69) is 154 Å². The van der Waals surface area contributed by atoms with Crippen LogP contribution in [0.3, 0.4) is 0 Å². The van der Waals surface area contributed by atoms with Crippen molar-refractivity contribution in [2.24, 2.45) is 0 Å². The minimum Gasteiger partial charge on any atom is -0.309 e. The summed E-state index contributed by atoms with van der Waals surface area (Å²) in [4.78, 5) is 4.01. The smallest absolute Gasteiger partial charge is 0.195 e. The second-order valence-corrected chi connectivity index (χ2v) is 11.9. The van der Waals surface area contributed by atoms with E-state index in [1.54, 1.807) is 12.1 Å². The Kier molecular flexibility index (Phi) is 6.22. The minimum atomic E-state index is 0.503. The molecule has 0 fully saturated rings. The van der Waals surface area contributed by atoms with Crippen molar-refractivity contribution in [1.82, 2.24) is 9.13 Å². The highest BCUT2D eigenvalue weighted by Crippen LogP contribution is 2.45. The van der Waals surface area contributed by atoms with Gasteiger partial charge in [0.2, 0.25) is 0 Å². The van der Waals surface area contributed by atoms with Crippen LogP contribution < -0.4 is 0 Å². The summed E-state index contributed by atoms with van der Waals surface area (Å²) in [5, 5.41) is 15.2. The van der Waals surface area contributed by atoms with E-state index in [4.69, 9.17) is 6.57 Å². The number of hydrogen-bond acceptors (Lipinski definition) is 1. The molecule has 0 saturated heterocycles. The molecule has 0 atom stereocenters. The molecule has 0 saturated carbocycles. The molecule has 48 heavy (non-hydrogen) atoms. The van der Waals surface area contributed by atoms with Gasteiger partial charge in [-0.3, -0.25) is 0 Å². The van der Waals surface area contributed by atoms with Crippen LogP contribution in [0.5, 0.6) is 0 Å². The lowest BCUT2D eigenvalue weighted by atomic mass is 9.88. The molecule has 0 N–H and O–H groups in total. The first kappa shape index (κ1) is 27.4. The van der Waals surface area contributed by atoms with Gasteiger partial charge in [0.15, 0.2) is 5.69 Å². The molecule has 7 aromatic carbocycles. The predicted octanol–water partition coefficient (Wildman–Crippen LogP) is 11.6. The van der Waals surface area contributed by atoms with E-state index >= 15 is 0 Å². The van der Waals surface area contributed by atoms with E-state index in [0.717, 1.165) is 55.7 Å². The lowest BCUT2D eigenvalue weighted by Crippen LogP contribution is -1.99. The van der Waals surface area contributed by atoms with E-state index in [-0.39, 0.29) is 0 Å². The van der Waals surface area contributed by atoms with Gasteiger partial charge in [-0.1, -0.05) is 115 Å². The quantitative estimate of drug-likeness (QED) is 0.183. The lowest BCUT2D eigenvalue weighted by molar-refractivity contribution is 1.18.